The van der Waals surface area contributed by atoms with E-state index in [2.05, 4.69) is 26.0 Å². The number of benzene rings is 1. The summed E-state index contributed by atoms with van der Waals surface area (Å²) in [5.74, 6) is 1.41. The maximum absolute atomic E-state index is 9.98. The molecule has 1 N–H and O–H groups in total. The first-order valence-electron chi connectivity index (χ1n) is 5.93. The molecular weight excluding hydrogens is 200 g/mol. The summed E-state index contributed by atoms with van der Waals surface area (Å²) in [4.78, 5) is 0. The van der Waals surface area contributed by atoms with Crippen molar-refractivity contribution in [3.63, 3.8) is 0 Å². The van der Waals surface area contributed by atoms with Gasteiger partial charge in [-0.25, -0.2) is 0 Å². The van der Waals surface area contributed by atoms with E-state index in [1.54, 1.807) is 7.11 Å². The maximum atomic E-state index is 9.98. The fraction of sp³-hybridized carbons (Fsp3) is 0.571. The molecule has 1 aliphatic rings. The molecule has 0 unspecified atom stereocenters. The Labute approximate surface area is 97.3 Å². The van der Waals surface area contributed by atoms with Crippen LogP contribution in [-0.4, -0.2) is 17.8 Å². The molecule has 0 bridgehead atoms. The van der Waals surface area contributed by atoms with Crippen LogP contribution in [0.1, 0.15) is 43.7 Å². The summed E-state index contributed by atoms with van der Waals surface area (Å²) in [6.07, 6.45) is 2.56. The molecule has 1 aliphatic carbocycles. The molecule has 0 heterocycles. The summed E-state index contributed by atoms with van der Waals surface area (Å²) >= 11 is 0. The van der Waals surface area contributed by atoms with Crippen LogP contribution in [0, 0.1) is 0 Å². The van der Waals surface area contributed by atoms with Crippen molar-refractivity contribution < 1.29 is 9.84 Å². The van der Waals surface area contributed by atoms with Gasteiger partial charge in [0.1, 0.15) is 5.75 Å². The van der Waals surface area contributed by atoms with E-state index in [1.165, 1.54) is 5.56 Å². The molecule has 1 fully saturated rings. The molecule has 2 nitrogen and oxygen atoms in total. The molecule has 1 aromatic rings. The minimum atomic E-state index is -0.455. The first-order chi connectivity index (χ1) is 7.54. The predicted molar refractivity (Wildman–Crippen MR) is 65.0 cm³/mol. The van der Waals surface area contributed by atoms with E-state index in [0.29, 0.717) is 5.92 Å². The van der Waals surface area contributed by atoms with E-state index in [4.69, 9.17) is 4.74 Å². The van der Waals surface area contributed by atoms with Gasteiger partial charge in [0.2, 0.25) is 0 Å². The molecule has 0 amide bonds. The fourth-order valence-corrected chi connectivity index (χ4v) is 1.97. The van der Waals surface area contributed by atoms with Crippen molar-refractivity contribution in [1.29, 1.82) is 0 Å². The van der Waals surface area contributed by atoms with Gasteiger partial charge in [-0.2, -0.15) is 0 Å². The Bertz CT molecular complexity index is 378. The number of rotatable bonds is 4. The minimum absolute atomic E-state index is 0.455. The zero-order valence-electron chi connectivity index (χ0n) is 10.3. The van der Waals surface area contributed by atoms with Crippen LogP contribution in [0.15, 0.2) is 18.2 Å². The van der Waals surface area contributed by atoms with E-state index < -0.39 is 5.60 Å². The van der Waals surface area contributed by atoms with E-state index >= 15 is 0 Å². The Morgan fingerprint density at radius 3 is 2.56 bits per heavy atom. The second-order valence-corrected chi connectivity index (χ2v) is 5.13. The van der Waals surface area contributed by atoms with Gasteiger partial charge in [0.15, 0.2) is 0 Å². The summed E-state index contributed by atoms with van der Waals surface area (Å²) in [7, 11) is 1.69. The Balaban J connectivity index is 2.27. The van der Waals surface area contributed by atoms with Crippen molar-refractivity contribution in [3.05, 3.63) is 29.3 Å². The minimum Gasteiger partial charge on any atom is -0.496 e. The molecule has 2 heteroatoms. The highest BCUT2D eigenvalue weighted by Gasteiger charge is 2.40. The van der Waals surface area contributed by atoms with Gasteiger partial charge in [-0.05, 0) is 36.0 Å². The van der Waals surface area contributed by atoms with Gasteiger partial charge in [-0.15, -0.1) is 0 Å². The van der Waals surface area contributed by atoms with Crippen molar-refractivity contribution in [3.8, 4) is 5.75 Å². The predicted octanol–water partition coefficient (Wildman–Crippen LogP) is 2.89. The largest absolute Gasteiger partial charge is 0.496 e. The Hall–Kier alpha value is -1.02. The molecule has 0 radical (unpaired) electrons. The Morgan fingerprint density at radius 1 is 1.38 bits per heavy atom. The fourth-order valence-electron chi connectivity index (χ4n) is 1.97. The summed E-state index contributed by atoms with van der Waals surface area (Å²) in [6.45, 7) is 4.36. The van der Waals surface area contributed by atoms with Crippen LogP contribution < -0.4 is 4.74 Å². The normalized spacial score (nSPS) is 17.6. The van der Waals surface area contributed by atoms with Crippen LogP contribution in [0.4, 0.5) is 0 Å². The standard InChI is InChI=1S/C14H20O2/c1-10(2)11-4-5-13(16-3)12(8-11)9-14(15)6-7-14/h4-5,8,10,15H,6-7,9H2,1-3H3. The summed E-state index contributed by atoms with van der Waals surface area (Å²) in [5.41, 5.74) is 1.98. The highest BCUT2D eigenvalue weighted by atomic mass is 16.5. The van der Waals surface area contributed by atoms with Crippen LogP contribution in [0.25, 0.3) is 0 Å². The van der Waals surface area contributed by atoms with Crippen LogP contribution in [0.2, 0.25) is 0 Å². The molecule has 0 aliphatic heterocycles. The van der Waals surface area contributed by atoms with Crippen molar-refractivity contribution >= 4 is 0 Å². The molecule has 88 valence electrons. The van der Waals surface area contributed by atoms with Crippen LogP contribution in [0.5, 0.6) is 5.75 Å². The van der Waals surface area contributed by atoms with Gasteiger partial charge in [0, 0.05) is 6.42 Å². The smallest absolute Gasteiger partial charge is 0.122 e. The molecule has 0 aromatic heterocycles. The zero-order chi connectivity index (χ0) is 11.8. The average molecular weight is 220 g/mol. The van der Waals surface area contributed by atoms with Crippen molar-refractivity contribution in [2.45, 2.75) is 44.6 Å². The van der Waals surface area contributed by atoms with Crippen molar-refractivity contribution in [1.82, 2.24) is 0 Å². The van der Waals surface area contributed by atoms with Gasteiger partial charge in [-0.3, -0.25) is 0 Å². The van der Waals surface area contributed by atoms with E-state index in [-0.39, 0.29) is 0 Å². The third-order valence-electron chi connectivity index (χ3n) is 3.32. The Kier molecular flexibility index (Phi) is 2.94. The number of ether oxygens (including phenoxy) is 1. The summed E-state index contributed by atoms with van der Waals surface area (Å²) in [5, 5.41) is 9.98. The lowest BCUT2D eigenvalue weighted by Gasteiger charge is -2.15. The lowest BCUT2D eigenvalue weighted by Crippen LogP contribution is -2.12. The molecule has 0 spiro atoms. The van der Waals surface area contributed by atoms with Crippen molar-refractivity contribution in [2.24, 2.45) is 0 Å². The van der Waals surface area contributed by atoms with Gasteiger partial charge < -0.3 is 9.84 Å². The third kappa shape index (κ3) is 2.38. The van der Waals surface area contributed by atoms with Crippen molar-refractivity contribution in [2.75, 3.05) is 7.11 Å². The van der Waals surface area contributed by atoms with Gasteiger partial charge in [0.05, 0.1) is 12.7 Å². The SMILES string of the molecule is COc1ccc(C(C)C)cc1CC1(O)CC1. The number of hydrogen-bond donors (Lipinski definition) is 1. The summed E-state index contributed by atoms with van der Waals surface area (Å²) < 4.78 is 5.34. The molecule has 16 heavy (non-hydrogen) atoms. The van der Waals surface area contributed by atoms with Crippen LogP contribution >= 0.6 is 0 Å². The summed E-state index contributed by atoms with van der Waals surface area (Å²) in [6, 6.07) is 6.28. The second-order valence-electron chi connectivity index (χ2n) is 5.13. The zero-order valence-corrected chi connectivity index (χ0v) is 10.3. The quantitative estimate of drug-likeness (QED) is 0.845. The number of hydrogen-bond acceptors (Lipinski definition) is 2. The van der Waals surface area contributed by atoms with Crippen LogP contribution in [0.3, 0.4) is 0 Å². The molecule has 2 rings (SSSR count). The van der Waals surface area contributed by atoms with Gasteiger partial charge in [0.25, 0.3) is 0 Å². The third-order valence-corrected chi connectivity index (χ3v) is 3.32. The molecule has 1 aromatic carbocycles. The molecule has 1 saturated carbocycles. The number of aliphatic hydroxyl groups is 1. The topological polar surface area (TPSA) is 29.5 Å². The van der Waals surface area contributed by atoms with E-state index in [0.717, 1.165) is 30.6 Å². The first kappa shape index (κ1) is 11.5. The van der Waals surface area contributed by atoms with E-state index in [1.807, 2.05) is 6.07 Å². The van der Waals surface area contributed by atoms with Crippen LogP contribution in [-0.2, 0) is 6.42 Å². The maximum Gasteiger partial charge on any atom is 0.122 e. The number of methoxy groups -OCH3 is 1. The monoisotopic (exact) mass is 220 g/mol. The highest BCUT2D eigenvalue weighted by molar-refractivity contribution is 5.39. The molecule has 0 saturated heterocycles. The van der Waals surface area contributed by atoms with Gasteiger partial charge in [-0.1, -0.05) is 26.0 Å². The Morgan fingerprint density at radius 2 is 2.06 bits per heavy atom. The molecular formula is C14H20O2. The molecule has 0 atom stereocenters. The average Bonchev–Trinajstić information content (AvgIpc) is 2.96. The first-order valence-corrected chi connectivity index (χ1v) is 5.93. The highest BCUT2D eigenvalue weighted by Crippen LogP contribution is 2.40. The lowest BCUT2D eigenvalue weighted by atomic mass is 9.97. The van der Waals surface area contributed by atoms with Gasteiger partial charge >= 0.3 is 0 Å². The van der Waals surface area contributed by atoms with E-state index in [9.17, 15) is 5.11 Å². The second kappa shape index (κ2) is 4.10. The lowest BCUT2D eigenvalue weighted by molar-refractivity contribution is 0.150.